The molecule has 3 nitrogen and oxygen atoms in total. The molecule has 0 amide bonds. The summed E-state index contributed by atoms with van der Waals surface area (Å²) in [7, 11) is 0. The Kier molecular flexibility index (Phi) is 3.46. The number of hydrogen-bond donors (Lipinski definition) is 1. The number of benzene rings is 1. The molecule has 0 bridgehead atoms. The van der Waals surface area contributed by atoms with Gasteiger partial charge in [-0.05, 0) is 29.4 Å². The average molecular weight is 261 g/mol. The second-order valence-corrected chi connectivity index (χ2v) is 6.15. The number of nitrogens with two attached hydrogens (primary N) is 1. The Morgan fingerprint density at radius 2 is 2.17 bits per heavy atom. The summed E-state index contributed by atoms with van der Waals surface area (Å²) in [5.74, 6) is 4.03. The predicted molar refractivity (Wildman–Crippen MR) is 77.7 cm³/mol. The van der Waals surface area contributed by atoms with Gasteiger partial charge < -0.3 is 10.6 Å². The van der Waals surface area contributed by atoms with Crippen LogP contribution in [0.3, 0.4) is 0 Å². The van der Waals surface area contributed by atoms with E-state index in [4.69, 9.17) is 5.73 Å². The van der Waals surface area contributed by atoms with Gasteiger partial charge in [-0.1, -0.05) is 30.3 Å². The minimum atomic E-state index is 0.514. The molecular weight excluding hydrogens is 242 g/mol. The van der Waals surface area contributed by atoms with Crippen LogP contribution in [0.15, 0.2) is 35.3 Å². The highest BCUT2D eigenvalue weighted by atomic mass is 32.2. The largest absolute Gasteiger partial charge is 0.370 e. The molecule has 1 aromatic carbocycles. The van der Waals surface area contributed by atoms with E-state index in [1.807, 2.05) is 0 Å². The van der Waals surface area contributed by atoms with E-state index in [1.54, 1.807) is 0 Å². The molecule has 1 saturated heterocycles. The molecule has 2 aliphatic heterocycles. The van der Waals surface area contributed by atoms with Gasteiger partial charge in [0, 0.05) is 6.54 Å². The topological polar surface area (TPSA) is 41.6 Å². The number of hydrogen-bond acceptors (Lipinski definition) is 4. The van der Waals surface area contributed by atoms with Crippen molar-refractivity contribution in [2.75, 3.05) is 18.1 Å². The first-order valence-corrected chi connectivity index (χ1v) is 7.68. The van der Waals surface area contributed by atoms with Gasteiger partial charge in [0.2, 0.25) is 0 Å². The van der Waals surface area contributed by atoms with Crippen molar-refractivity contribution in [1.29, 1.82) is 0 Å². The number of aliphatic imine (C=N–C) groups is 1. The van der Waals surface area contributed by atoms with Crippen LogP contribution < -0.4 is 5.73 Å². The minimum absolute atomic E-state index is 0.514. The molecule has 0 saturated carbocycles. The van der Waals surface area contributed by atoms with Gasteiger partial charge in [-0.3, -0.25) is 4.99 Å². The van der Waals surface area contributed by atoms with E-state index < -0.39 is 0 Å². The van der Waals surface area contributed by atoms with Crippen LogP contribution in [-0.2, 0) is 6.54 Å². The highest BCUT2D eigenvalue weighted by Gasteiger charge is 2.34. The van der Waals surface area contributed by atoms with Crippen molar-refractivity contribution < 1.29 is 0 Å². The SMILES string of the molecule is NC1=NCC(C2CCSC2)N1Cc1ccccc1. The molecule has 2 unspecified atom stereocenters. The molecule has 0 aromatic heterocycles. The lowest BCUT2D eigenvalue weighted by Gasteiger charge is -2.30. The zero-order valence-corrected chi connectivity index (χ0v) is 11.3. The second kappa shape index (κ2) is 5.22. The number of nitrogens with zero attached hydrogens (tertiary/aromatic N) is 2. The summed E-state index contributed by atoms with van der Waals surface area (Å²) in [5, 5.41) is 0. The third-order valence-electron chi connectivity index (χ3n) is 3.84. The van der Waals surface area contributed by atoms with Crippen molar-refractivity contribution in [3.8, 4) is 0 Å². The van der Waals surface area contributed by atoms with E-state index in [0.717, 1.165) is 25.0 Å². The van der Waals surface area contributed by atoms with Gasteiger partial charge in [-0.25, -0.2) is 0 Å². The zero-order chi connectivity index (χ0) is 12.4. The van der Waals surface area contributed by atoms with Gasteiger partial charge in [0.15, 0.2) is 5.96 Å². The Balaban J connectivity index is 1.73. The van der Waals surface area contributed by atoms with Crippen LogP contribution in [0, 0.1) is 5.92 Å². The molecule has 2 heterocycles. The maximum Gasteiger partial charge on any atom is 0.191 e. The fraction of sp³-hybridized carbons (Fsp3) is 0.500. The van der Waals surface area contributed by atoms with Crippen LogP contribution in [0.25, 0.3) is 0 Å². The lowest BCUT2D eigenvalue weighted by Crippen LogP contribution is -2.44. The van der Waals surface area contributed by atoms with E-state index in [9.17, 15) is 0 Å². The van der Waals surface area contributed by atoms with Crippen LogP contribution in [0.5, 0.6) is 0 Å². The fourth-order valence-electron chi connectivity index (χ4n) is 2.78. The molecular formula is C14H19N3S. The van der Waals surface area contributed by atoms with Gasteiger partial charge in [-0.15, -0.1) is 0 Å². The highest BCUT2D eigenvalue weighted by molar-refractivity contribution is 7.99. The van der Waals surface area contributed by atoms with Crippen molar-refractivity contribution in [1.82, 2.24) is 4.90 Å². The Morgan fingerprint density at radius 1 is 1.33 bits per heavy atom. The maximum atomic E-state index is 6.05. The lowest BCUT2D eigenvalue weighted by molar-refractivity contribution is 0.259. The van der Waals surface area contributed by atoms with Crippen LogP contribution in [0.2, 0.25) is 0 Å². The summed E-state index contributed by atoms with van der Waals surface area (Å²) in [5.41, 5.74) is 7.37. The van der Waals surface area contributed by atoms with Crippen molar-refractivity contribution in [3.63, 3.8) is 0 Å². The van der Waals surface area contributed by atoms with Gasteiger partial charge in [0.25, 0.3) is 0 Å². The van der Waals surface area contributed by atoms with Gasteiger partial charge in [-0.2, -0.15) is 11.8 Å². The molecule has 18 heavy (non-hydrogen) atoms. The maximum absolute atomic E-state index is 6.05. The van der Waals surface area contributed by atoms with Crippen molar-refractivity contribution >= 4 is 17.7 Å². The van der Waals surface area contributed by atoms with Crippen LogP contribution in [0.1, 0.15) is 12.0 Å². The summed E-state index contributed by atoms with van der Waals surface area (Å²) in [6.07, 6.45) is 1.31. The van der Waals surface area contributed by atoms with Crippen LogP contribution >= 0.6 is 11.8 Å². The van der Waals surface area contributed by atoms with E-state index in [2.05, 4.69) is 52.0 Å². The van der Waals surface area contributed by atoms with E-state index in [0.29, 0.717) is 6.04 Å². The minimum Gasteiger partial charge on any atom is -0.370 e. The van der Waals surface area contributed by atoms with Crippen LogP contribution in [-0.4, -0.2) is 35.0 Å². The van der Waals surface area contributed by atoms with E-state index in [-0.39, 0.29) is 0 Å². The zero-order valence-electron chi connectivity index (χ0n) is 10.5. The van der Waals surface area contributed by atoms with Gasteiger partial charge in [0.05, 0.1) is 12.6 Å². The molecule has 2 N–H and O–H groups in total. The summed E-state index contributed by atoms with van der Waals surface area (Å²) in [4.78, 5) is 6.75. The molecule has 2 aliphatic rings. The second-order valence-electron chi connectivity index (χ2n) is 5.00. The number of rotatable bonds is 3. The lowest BCUT2D eigenvalue weighted by atomic mass is 9.98. The average Bonchev–Trinajstić information content (AvgIpc) is 3.02. The molecule has 0 radical (unpaired) electrons. The normalized spacial score (nSPS) is 27.6. The molecule has 2 atom stereocenters. The fourth-order valence-corrected chi connectivity index (χ4v) is 4.11. The summed E-state index contributed by atoms with van der Waals surface area (Å²) < 4.78 is 0. The van der Waals surface area contributed by atoms with Crippen molar-refractivity contribution in [2.24, 2.45) is 16.6 Å². The third-order valence-corrected chi connectivity index (χ3v) is 5.03. The smallest absolute Gasteiger partial charge is 0.191 e. The first-order valence-electron chi connectivity index (χ1n) is 6.53. The van der Waals surface area contributed by atoms with E-state index in [1.165, 1.54) is 23.5 Å². The van der Waals surface area contributed by atoms with Gasteiger partial charge >= 0.3 is 0 Å². The molecule has 1 fully saturated rings. The monoisotopic (exact) mass is 261 g/mol. The summed E-state index contributed by atoms with van der Waals surface area (Å²) in [6, 6.07) is 11.0. The Bertz CT molecular complexity index is 426. The third kappa shape index (κ3) is 2.34. The molecule has 3 rings (SSSR count). The standard InChI is InChI=1S/C14H19N3S/c15-14-16-8-13(12-6-7-18-10-12)17(14)9-11-4-2-1-3-5-11/h1-5,12-13H,6-10H2,(H2,15,16). The molecule has 1 aromatic rings. The quantitative estimate of drug-likeness (QED) is 0.904. The number of guanidine groups is 1. The van der Waals surface area contributed by atoms with E-state index >= 15 is 0 Å². The predicted octanol–water partition coefficient (Wildman–Crippen LogP) is 1.94. The number of thioether (sulfide) groups is 1. The summed E-state index contributed by atoms with van der Waals surface area (Å²) in [6.45, 7) is 1.77. The first kappa shape index (κ1) is 11.9. The molecule has 96 valence electrons. The molecule has 4 heteroatoms. The van der Waals surface area contributed by atoms with Crippen molar-refractivity contribution in [2.45, 2.75) is 19.0 Å². The van der Waals surface area contributed by atoms with Crippen LogP contribution in [0.4, 0.5) is 0 Å². The first-order chi connectivity index (χ1) is 8.84. The molecule has 0 spiro atoms. The molecule has 0 aliphatic carbocycles. The van der Waals surface area contributed by atoms with Crippen molar-refractivity contribution in [3.05, 3.63) is 35.9 Å². The van der Waals surface area contributed by atoms with Gasteiger partial charge in [0.1, 0.15) is 0 Å². The highest BCUT2D eigenvalue weighted by Crippen LogP contribution is 2.31. The summed E-state index contributed by atoms with van der Waals surface area (Å²) >= 11 is 2.06. The Hall–Kier alpha value is -1.16. The Morgan fingerprint density at radius 3 is 2.89 bits per heavy atom. The Labute approximate surface area is 112 Å².